The number of amides is 1. The number of halogens is 7. The molecule has 2 aliphatic rings. The highest BCUT2D eigenvalue weighted by molar-refractivity contribution is 7.92. The van der Waals surface area contributed by atoms with E-state index < -0.39 is 68.1 Å². The Bertz CT molecular complexity index is 1230. The molecule has 1 aromatic heterocycles. The summed E-state index contributed by atoms with van der Waals surface area (Å²) < 4.78 is 119. The summed E-state index contributed by atoms with van der Waals surface area (Å²) in [6.45, 7) is -0.234. The summed E-state index contributed by atoms with van der Waals surface area (Å²) in [7, 11) is -4.79. The topological polar surface area (TPSA) is 67.3 Å². The average Bonchev–Trinajstić information content (AvgIpc) is 3.09. The van der Waals surface area contributed by atoms with Crippen LogP contribution in [0, 0.1) is 0 Å². The standard InChI is InChI=1S/C21H17F7N2O3S/c22-19(34(32,33)14-3-1-2-12(10-14)20(23,24)25)8-6-13(7-9-19)30-11-16-15(18(30)31)4-5-17(29-16)21(26,27)28/h1-5,10,13H,6-9,11H2. The molecule has 1 saturated carbocycles. The van der Waals surface area contributed by atoms with Crippen LogP contribution in [0.15, 0.2) is 41.3 Å². The quantitative estimate of drug-likeness (QED) is 0.536. The molecule has 0 N–H and O–H groups in total. The van der Waals surface area contributed by atoms with Gasteiger partial charge in [0, 0.05) is 6.04 Å². The van der Waals surface area contributed by atoms with Crippen molar-refractivity contribution in [2.75, 3.05) is 0 Å². The molecule has 2 aromatic rings. The summed E-state index contributed by atoms with van der Waals surface area (Å²) in [6, 6.07) is 3.89. The van der Waals surface area contributed by atoms with Gasteiger partial charge in [-0.3, -0.25) is 4.79 Å². The number of alkyl halides is 7. The third-order valence-corrected chi connectivity index (χ3v) is 8.42. The van der Waals surface area contributed by atoms with Crippen molar-refractivity contribution in [3.63, 3.8) is 0 Å². The molecule has 1 aliphatic carbocycles. The number of hydrogen-bond acceptors (Lipinski definition) is 4. The third-order valence-electron chi connectivity index (χ3n) is 6.17. The van der Waals surface area contributed by atoms with Crippen LogP contribution < -0.4 is 0 Å². The Balaban J connectivity index is 1.51. The van der Waals surface area contributed by atoms with E-state index in [1.807, 2.05) is 0 Å². The first-order chi connectivity index (χ1) is 15.6. The van der Waals surface area contributed by atoms with Gasteiger partial charge in [-0.25, -0.2) is 17.8 Å². The van der Waals surface area contributed by atoms with Gasteiger partial charge in [0.05, 0.1) is 28.3 Å². The van der Waals surface area contributed by atoms with Crippen molar-refractivity contribution >= 4 is 15.7 Å². The zero-order chi connectivity index (χ0) is 25.1. The van der Waals surface area contributed by atoms with E-state index in [1.54, 1.807) is 0 Å². The van der Waals surface area contributed by atoms with Gasteiger partial charge in [0.15, 0.2) is 0 Å². The number of benzene rings is 1. The first-order valence-electron chi connectivity index (χ1n) is 10.1. The molecule has 4 rings (SSSR count). The molecule has 184 valence electrons. The zero-order valence-electron chi connectivity index (χ0n) is 17.3. The fourth-order valence-corrected chi connectivity index (χ4v) is 6.06. The molecular formula is C21H17F7N2O3S. The Morgan fingerprint density at radius 3 is 2.21 bits per heavy atom. The minimum Gasteiger partial charge on any atom is -0.330 e. The highest BCUT2D eigenvalue weighted by atomic mass is 32.2. The molecule has 2 heterocycles. The molecule has 34 heavy (non-hydrogen) atoms. The monoisotopic (exact) mass is 510 g/mol. The number of pyridine rings is 1. The molecule has 1 aromatic carbocycles. The van der Waals surface area contributed by atoms with Crippen LogP contribution in [0.2, 0.25) is 0 Å². The lowest BCUT2D eigenvalue weighted by atomic mass is 9.92. The van der Waals surface area contributed by atoms with Crippen LogP contribution in [0.25, 0.3) is 0 Å². The molecule has 0 atom stereocenters. The van der Waals surface area contributed by atoms with Crippen molar-refractivity contribution in [2.45, 2.75) is 60.5 Å². The summed E-state index contributed by atoms with van der Waals surface area (Å²) in [5.41, 5.74) is -2.47. The van der Waals surface area contributed by atoms with Gasteiger partial charge in [0.1, 0.15) is 5.69 Å². The zero-order valence-corrected chi connectivity index (χ0v) is 18.1. The van der Waals surface area contributed by atoms with Crippen LogP contribution in [-0.4, -0.2) is 35.3 Å². The largest absolute Gasteiger partial charge is 0.433 e. The highest BCUT2D eigenvalue weighted by Crippen LogP contribution is 2.43. The van der Waals surface area contributed by atoms with Crippen LogP contribution in [0.1, 0.15) is 53.0 Å². The van der Waals surface area contributed by atoms with Crippen LogP contribution in [0.4, 0.5) is 30.7 Å². The third kappa shape index (κ3) is 4.14. The molecule has 1 aliphatic heterocycles. The van der Waals surface area contributed by atoms with Crippen LogP contribution in [0.3, 0.4) is 0 Å². The second-order valence-electron chi connectivity index (χ2n) is 8.26. The Morgan fingerprint density at radius 2 is 1.62 bits per heavy atom. The minimum atomic E-state index is -4.81. The van der Waals surface area contributed by atoms with E-state index in [1.165, 1.54) is 4.90 Å². The van der Waals surface area contributed by atoms with Crippen molar-refractivity contribution in [2.24, 2.45) is 0 Å². The predicted octanol–water partition coefficient (Wildman–Crippen LogP) is 5.16. The van der Waals surface area contributed by atoms with Gasteiger partial charge in [-0.1, -0.05) is 6.07 Å². The van der Waals surface area contributed by atoms with E-state index in [4.69, 9.17) is 0 Å². The number of hydrogen-bond donors (Lipinski definition) is 0. The molecule has 0 saturated heterocycles. The van der Waals surface area contributed by atoms with Crippen LogP contribution in [-0.2, 0) is 28.7 Å². The fraction of sp³-hybridized carbons (Fsp3) is 0.429. The first-order valence-corrected chi connectivity index (χ1v) is 11.6. The fourth-order valence-electron chi connectivity index (χ4n) is 4.32. The molecule has 0 radical (unpaired) electrons. The molecule has 1 amide bonds. The summed E-state index contributed by atoms with van der Waals surface area (Å²) >= 11 is 0. The number of carbonyl (C=O) groups excluding carboxylic acids is 1. The normalized spacial score (nSPS) is 23.8. The number of sulfone groups is 1. The van der Waals surface area contributed by atoms with Gasteiger partial charge < -0.3 is 4.90 Å². The van der Waals surface area contributed by atoms with E-state index >= 15 is 4.39 Å². The number of rotatable bonds is 3. The highest BCUT2D eigenvalue weighted by Gasteiger charge is 2.50. The SMILES string of the molecule is O=C1c2ccc(C(F)(F)F)nc2CN1C1CCC(F)(S(=O)(=O)c2cccc(C(F)(F)F)c2)CC1. The average molecular weight is 510 g/mol. The lowest BCUT2D eigenvalue weighted by Crippen LogP contribution is -2.45. The lowest BCUT2D eigenvalue weighted by Gasteiger charge is -2.37. The van der Waals surface area contributed by atoms with Crippen LogP contribution in [0.5, 0.6) is 0 Å². The van der Waals surface area contributed by atoms with Crippen molar-refractivity contribution in [3.8, 4) is 0 Å². The molecule has 0 unspecified atom stereocenters. The van der Waals surface area contributed by atoms with Crippen molar-refractivity contribution in [1.82, 2.24) is 9.88 Å². The van der Waals surface area contributed by atoms with Crippen molar-refractivity contribution < 1.29 is 43.9 Å². The van der Waals surface area contributed by atoms with Crippen LogP contribution >= 0.6 is 0 Å². The summed E-state index contributed by atoms with van der Waals surface area (Å²) in [6.07, 6.45) is -10.9. The Kier molecular flexibility index (Phi) is 5.69. The van der Waals surface area contributed by atoms with E-state index in [2.05, 4.69) is 4.98 Å². The molecular weight excluding hydrogens is 493 g/mol. The van der Waals surface area contributed by atoms with E-state index in [0.717, 1.165) is 18.2 Å². The van der Waals surface area contributed by atoms with Gasteiger partial charge >= 0.3 is 12.4 Å². The maximum absolute atomic E-state index is 15.6. The second kappa shape index (κ2) is 7.92. The van der Waals surface area contributed by atoms with Crippen molar-refractivity contribution in [3.05, 3.63) is 58.9 Å². The number of fused-ring (bicyclic) bond motifs is 1. The van der Waals surface area contributed by atoms with Gasteiger partial charge in [-0.15, -0.1) is 0 Å². The molecule has 1 fully saturated rings. The second-order valence-corrected chi connectivity index (χ2v) is 10.5. The maximum Gasteiger partial charge on any atom is 0.433 e. The Labute approximate surface area is 189 Å². The van der Waals surface area contributed by atoms with E-state index in [-0.39, 0.29) is 30.6 Å². The van der Waals surface area contributed by atoms with Crippen molar-refractivity contribution in [1.29, 1.82) is 0 Å². The Morgan fingerprint density at radius 1 is 0.971 bits per heavy atom. The Hall–Kier alpha value is -2.70. The number of nitrogens with zero attached hydrogens (tertiary/aromatic N) is 2. The van der Waals surface area contributed by atoms with E-state index in [9.17, 15) is 39.6 Å². The first kappa shape index (κ1) is 24.4. The minimum absolute atomic E-state index is 0.0123. The molecule has 13 heteroatoms. The molecule has 0 spiro atoms. The lowest BCUT2D eigenvalue weighted by molar-refractivity contribution is -0.141. The number of aromatic nitrogens is 1. The molecule has 0 bridgehead atoms. The summed E-state index contributed by atoms with van der Waals surface area (Å²) in [4.78, 5) is 16.6. The smallest absolute Gasteiger partial charge is 0.330 e. The van der Waals surface area contributed by atoms with Gasteiger partial charge in [-0.2, -0.15) is 26.3 Å². The maximum atomic E-state index is 15.6. The van der Waals surface area contributed by atoms with Gasteiger partial charge in [-0.05, 0) is 56.0 Å². The summed E-state index contributed by atoms with van der Waals surface area (Å²) in [5, 5.41) is -2.84. The molecule has 5 nitrogen and oxygen atoms in total. The number of carbonyl (C=O) groups is 1. The van der Waals surface area contributed by atoms with Gasteiger partial charge in [0.2, 0.25) is 14.8 Å². The summed E-state index contributed by atoms with van der Waals surface area (Å²) in [5.74, 6) is -0.590. The predicted molar refractivity (Wildman–Crippen MR) is 104 cm³/mol. The van der Waals surface area contributed by atoms with Gasteiger partial charge in [0.25, 0.3) is 5.91 Å². The van der Waals surface area contributed by atoms with E-state index in [0.29, 0.717) is 18.2 Å².